The molecule has 0 saturated heterocycles. The molecule has 178 valence electrons. The molecule has 0 atom stereocenters. The second-order valence-electron chi connectivity index (χ2n) is 8.32. The van der Waals surface area contributed by atoms with E-state index in [4.69, 9.17) is 20.8 Å². The molecule has 3 heterocycles. The number of aryl methyl sites for hydroxylation is 1. The second kappa shape index (κ2) is 9.80. The summed E-state index contributed by atoms with van der Waals surface area (Å²) in [5, 5.41) is 5.27. The first-order chi connectivity index (χ1) is 17.0. The van der Waals surface area contributed by atoms with Crippen LogP contribution in [0.4, 0.5) is 0 Å². The molecular formula is C27H25ClN4O3. The zero-order valence-corrected chi connectivity index (χ0v) is 20.3. The minimum atomic E-state index is -0.161. The summed E-state index contributed by atoms with van der Waals surface area (Å²) < 4.78 is 15.0. The Labute approximate surface area is 207 Å². The van der Waals surface area contributed by atoms with Crippen LogP contribution in [0.3, 0.4) is 0 Å². The lowest BCUT2D eigenvalue weighted by Gasteiger charge is -2.09. The van der Waals surface area contributed by atoms with Crippen molar-refractivity contribution >= 4 is 17.1 Å². The van der Waals surface area contributed by atoms with Gasteiger partial charge in [0, 0.05) is 28.5 Å². The highest BCUT2D eigenvalue weighted by Gasteiger charge is 2.16. The minimum Gasteiger partial charge on any atom is -0.493 e. The molecule has 0 radical (unpaired) electrons. The van der Waals surface area contributed by atoms with E-state index in [-0.39, 0.29) is 12.1 Å². The van der Waals surface area contributed by atoms with Crippen molar-refractivity contribution in [1.29, 1.82) is 0 Å². The number of hydrogen-bond acceptors (Lipinski definition) is 5. The molecule has 0 N–H and O–H groups in total. The van der Waals surface area contributed by atoms with Crippen LogP contribution in [-0.2, 0) is 6.54 Å². The molecule has 0 aliphatic heterocycles. The number of ether oxygens (including phenoxy) is 1. The Morgan fingerprint density at radius 3 is 2.69 bits per heavy atom. The van der Waals surface area contributed by atoms with Gasteiger partial charge in [0.15, 0.2) is 0 Å². The molecule has 0 aliphatic carbocycles. The fraction of sp³-hybridized carbons (Fsp3) is 0.222. The summed E-state index contributed by atoms with van der Waals surface area (Å²) in [6.45, 7) is 4.90. The van der Waals surface area contributed by atoms with Crippen molar-refractivity contribution in [3.63, 3.8) is 0 Å². The van der Waals surface area contributed by atoms with E-state index in [9.17, 15) is 4.79 Å². The quantitative estimate of drug-likeness (QED) is 0.250. The van der Waals surface area contributed by atoms with Crippen molar-refractivity contribution in [2.24, 2.45) is 0 Å². The summed E-state index contributed by atoms with van der Waals surface area (Å²) >= 11 is 5.98. The van der Waals surface area contributed by atoms with E-state index in [1.165, 1.54) is 0 Å². The van der Waals surface area contributed by atoms with Crippen LogP contribution in [0.25, 0.3) is 28.2 Å². The molecule has 0 saturated carbocycles. The van der Waals surface area contributed by atoms with Gasteiger partial charge in [-0.3, -0.25) is 4.79 Å². The lowest BCUT2D eigenvalue weighted by Crippen LogP contribution is -2.22. The average Bonchev–Trinajstić information content (AvgIpc) is 3.46. The van der Waals surface area contributed by atoms with Gasteiger partial charge in [-0.25, -0.2) is 9.50 Å². The molecule has 0 spiro atoms. The zero-order valence-electron chi connectivity index (χ0n) is 19.6. The Morgan fingerprint density at radius 2 is 1.89 bits per heavy atom. The molecule has 8 heteroatoms. The molecule has 0 fully saturated rings. The molecule has 0 aliphatic rings. The minimum absolute atomic E-state index is 0.161. The maximum absolute atomic E-state index is 13.3. The van der Waals surface area contributed by atoms with E-state index in [1.54, 1.807) is 39.7 Å². The Balaban J connectivity index is 1.45. The molecule has 5 aromatic rings. The fourth-order valence-corrected chi connectivity index (χ4v) is 3.99. The summed E-state index contributed by atoms with van der Waals surface area (Å²) in [4.78, 5) is 17.9. The number of nitrogens with zero attached hydrogens (tertiary/aromatic N) is 4. The van der Waals surface area contributed by atoms with E-state index in [0.717, 1.165) is 29.7 Å². The third-order valence-electron chi connectivity index (χ3n) is 5.83. The Bertz CT molecular complexity index is 1530. The van der Waals surface area contributed by atoms with Crippen molar-refractivity contribution in [3.8, 4) is 28.5 Å². The monoisotopic (exact) mass is 488 g/mol. The Morgan fingerprint density at radius 1 is 1.09 bits per heavy atom. The third-order valence-corrected chi connectivity index (χ3v) is 6.08. The van der Waals surface area contributed by atoms with Gasteiger partial charge in [-0.15, -0.1) is 0 Å². The highest BCUT2D eigenvalue weighted by Crippen LogP contribution is 2.29. The fourth-order valence-electron chi connectivity index (χ4n) is 3.86. The molecule has 2 aromatic carbocycles. The van der Waals surface area contributed by atoms with Gasteiger partial charge < -0.3 is 13.7 Å². The van der Waals surface area contributed by atoms with E-state index in [2.05, 4.69) is 17.0 Å². The molecule has 7 nitrogen and oxygen atoms in total. The van der Waals surface area contributed by atoms with Gasteiger partial charge in [-0.05, 0) is 55.8 Å². The topological polar surface area (TPSA) is 74.6 Å². The van der Waals surface area contributed by atoms with E-state index < -0.39 is 0 Å². The number of hydrogen-bond donors (Lipinski definition) is 0. The number of aromatic nitrogens is 4. The van der Waals surface area contributed by atoms with Gasteiger partial charge in [0.2, 0.25) is 5.89 Å². The number of halogens is 1. The molecular weight excluding hydrogens is 464 g/mol. The second-order valence-corrected chi connectivity index (χ2v) is 8.75. The average molecular weight is 489 g/mol. The summed E-state index contributed by atoms with van der Waals surface area (Å²) in [5.41, 5.74) is 3.38. The number of para-hydroxylation sites is 1. The van der Waals surface area contributed by atoms with Crippen LogP contribution >= 0.6 is 11.6 Å². The van der Waals surface area contributed by atoms with Crippen LogP contribution in [0.15, 0.2) is 76.2 Å². The van der Waals surface area contributed by atoms with E-state index in [1.807, 2.05) is 43.3 Å². The van der Waals surface area contributed by atoms with Crippen LogP contribution in [0, 0.1) is 6.92 Å². The van der Waals surface area contributed by atoms with Crippen LogP contribution in [0.1, 0.15) is 31.2 Å². The third kappa shape index (κ3) is 4.72. The van der Waals surface area contributed by atoms with Gasteiger partial charge in [-0.1, -0.05) is 37.1 Å². The maximum atomic E-state index is 13.3. The molecule has 5 rings (SSSR count). The maximum Gasteiger partial charge on any atom is 0.276 e. The van der Waals surface area contributed by atoms with Crippen molar-refractivity contribution < 1.29 is 9.15 Å². The standard InChI is InChI=1S/C27H25ClN4O3/c1-3-4-15-34-25-8-6-5-7-21(25)22-16-24-27(33)31(13-14-32(24)30-22)17-23-18(2)35-26(29-23)19-9-11-20(28)12-10-19/h5-14,16H,3-4,15,17H2,1-2H3. The molecule has 35 heavy (non-hydrogen) atoms. The largest absolute Gasteiger partial charge is 0.493 e. The predicted octanol–water partition coefficient (Wildman–Crippen LogP) is 6.01. The molecule has 3 aromatic heterocycles. The summed E-state index contributed by atoms with van der Waals surface area (Å²) in [6, 6.07) is 16.9. The van der Waals surface area contributed by atoms with Gasteiger partial charge in [0.1, 0.15) is 22.7 Å². The smallest absolute Gasteiger partial charge is 0.276 e. The normalized spacial score (nSPS) is 11.3. The van der Waals surface area contributed by atoms with Crippen LogP contribution < -0.4 is 10.3 Å². The van der Waals surface area contributed by atoms with E-state index in [0.29, 0.717) is 40.2 Å². The van der Waals surface area contributed by atoms with Gasteiger partial charge in [-0.2, -0.15) is 5.10 Å². The number of benzene rings is 2. The predicted molar refractivity (Wildman–Crippen MR) is 136 cm³/mol. The van der Waals surface area contributed by atoms with Crippen LogP contribution in [0.2, 0.25) is 5.02 Å². The van der Waals surface area contributed by atoms with Gasteiger partial charge in [0.05, 0.1) is 18.8 Å². The van der Waals surface area contributed by atoms with Gasteiger partial charge >= 0.3 is 0 Å². The van der Waals surface area contributed by atoms with E-state index >= 15 is 0 Å². The van der Waals surface area contributed by atoms with Crippen LogP contribution in [-0.4, -0.2) is 25.8 Å². The lowest BCUT2D eigenvalue weighted by atomic mass is 10.1. The highest BCUT2D eigenvalue weighted by molar-refractivity contribution is 6.30. The summed E-state index contributed by atoms with van der Waals surface area (Å²) in [6.07, 6.45) is 5.52. The lowest BCUT2D eigenvalue weighted by molar-refractivity contribution is 0.310. The van der Waals surface area contributed by atoms with Crippen molar-refractivity contribution in [2.45, 2.75) is 33.2 Å². The number of oxazole rings is 1. The van der Waals surface area contributed by atoms with Crippen molar-refractivity contribution in [1.82, 2.24) is 19.2 Å². The van der Waals surface area contributed by atoms with Crippen LogP contribution in [0.5, 0.6) is 5.75 Å². The first-order valence-electron chi connectivity index (χ1n) is 11.6. The Kier molecular flexibility index (Phi) is 6.42. The van der Waals surface area contributed by atoms with Gasteiger partial charge in [0.25, 0.3) is 5.56 Å². The SMILES string of the molecule is CCCCOc1ccccc1-c1cc2c(=O)n(Cc3nc(-c4ccc(Cl)cc4)oc3C)ccn2n1. The number of rotatable bonds is 8. The number of unbranched alkanes of at least 4 members (excludes halogenated alkanes) is 1. The highest BCUT2D eigenvalue weighted by atomic mass is 35.5. The summed E-state index contributed by atoms with van der Waals surface area (Å²) in [5.74, 6) is 1.92. The molecule has 0 unspecified atom stereocenters. The first-order valence-corrected chi connectivity index (χ1v) is 11.9. The first kappa shape index (κ1) is 22.9. The van der Waals surface area contributed by atoms with Crippen molar-refractivity contribution in [3.05, 3.63) is 93.8 Å². The molecule has 0 bridgehead atoms. The Hall–Kier alpha value is -3.84. The summed E-state index contributed by atoms with van der Waals surface area (Å²) in [7, 11) is 0. The zero-order chi connectivity index (χ0) is 24.4. The molecule has 0 amide bonds. The number of fused-ring (bicyclic) bond motifs is 1. The van der Waals surface area contributed by atoms with Crippen molar-refractivity contribution in [2.75, 3.05) is 6.61 Å².